The maximum atomic E-state index is 3.52. The topological polar surface area (TPSA) is 24.1 Å². The van der Waals surface area contributed by atoms with Gasteiger partial charge in [-0.1, -0.05) is 18.2 Å². The standard InChI is InChI=1S/C14H20N2/c1-2-6-14-13(5-1)12(10-16-14)8-11-4-3-7-15-9-11/h1-2,5-6,11-12,15-16H,3-4,7-10H2. The lowest BCUT2D eigenvalue weighted by atomic mass is 9.86. The Bertz CT molecular complexity index is 356. The zero-order valence-corrected chi connectivity index (χ0v) is 9.71. The van der Waals surface area contributed by atoms with Gasteiger partial charge in [-0.2, -0.15) is 0 Å². The van der Waals surface area contributed by atoms with Crippen molar-refractivity contribution in [2.75, 3.05) is 25.0 Å². The fourth-order valence-corrected chi connectivity index (χ4v) is 3.09. The summed E-state index contributed by atoms with van der Waals surface area (Å²) >= 11 is 0. The van der Waals surface area contributed by atoms with E-state index in [2.05, 4.69) is 34.9 Å². The third-order valence-corrected chi connectivity index (χ3v) is 3.96. The van der Waals surface area contributed by atoms with Crippen LogP contribution in [0.25, 0.3) is 0 Å². The van der Waals surface area contributed by atoms with Crippen molar-refractivity contribution in [1.82, 2.24) is 5.32 Å². The number of nitrogens with one attached hydrogen (secondary N) is 2. The van der Waals surface area contributed by atoms with Gasteiger partial charge in [-0.3, -0.25) is 0 Å². The van der Waals surface area contributed by atoms with Crippen LogP contribution in [0.2, 0.25) is 0 Å². The molecule has 1 fully saturated rings. The van der Waals surface area contributed by atoms with Crippen molar-refractivity contribution in [3.05, 3.63) is 29.8 Å². The highest BCUT2D eigenvalue weighted by molar-refractivity contribution is 5.57. The van der Waals surface area contributed by atoms with Gasteiger partial charge in [-0.15, -0.1) is 0 Å². The number of hydrogen-bond acceptors (Lipinski definition) is 2. The molecule has 2 unspecified atom stereocenters. The predicted molar refractivity (Wildman–Crippen MR) is 67.9 cm³/mol. The highest BCUT2D eigenvalue weighted by atomic mass is 14.9. The van der Waals surface area contributed by atoms with Gasteiger partial charge in [0.1, 0.15) is 0 Å². The summed E-state index contributed by atoms with van der Waals surface area (Å²) in [6.07, 6.45) is 4.11. The van der Waals surface area contributed by atoms with E-state index in [4.69, 9.17) is 0 Å². The van der Waals surface area contributed by atoms with Crippen molar-refractivity contribution in [1.29, 1.82) is 0 Å². The van der Waals surface area contributed by atoms with E-state index in [-0.39, 0.29) is 0 Å². The summed E-state index contributed by atoms with van der Waals surface area (Å²) in [6.45, 7) is 3.57. The molecule has 2 aliphatic rings. The van der Waals surface area contributed by atoms with Crippen molar-refractivity contribution in [3.63, 3.8) is 0 Å². The van der Waals surface area contributed by atoms with E-state index in [1.807, 2.05) is 0 Å². The Morgan fingerprint density at radius 1 is 1.19 bits per heavy atom. The zero-order chi connectivity index (χ0) is 10.8. The first-order chi connectivity index (χ1) is 7.93. The molecule has 1 saturated heterocycles. The van der Waals surface area contributed by atoms with Crippen LogP contribution in [-0.4, -0.2) is 19.6 Å². The molecule has 2 N–H and O–H groups in total. The van der Waals surface area contributed by atoms with E-state index in [1.54, 1.807) is 0 Å². The minimum atomic E-state index is 0.737. The molecule has 0 aliphatic carbocycles. The molecular weight excluding hydrogens is 196 g/mol. The van der Waals surface area contributed by atoms with Crippen LogP contribution in [-0.2, 0) is 0 Å². The van der Waals surface area contributed by atoms with Crippen molar-refractivity contribution >= 4 is 5.69 Å². The quantitative estimate of drug-likeness (QED) is 0.794. The van der Waals surface area contributed by atoms with Crippen LogP contribution in [0.4, 0.5) is 5.69 Å². The lowest BCUT2D eigenvalue weighted by Gasteiger charge is -2.25. The summed E-state index contributed by atoms with van der Waals surface area (Å²) in [4.78, 5) is 0. The van der Waals surface area contributed by atoms with Gasteiger partial charge in [0, 0.05) is 18.2 Å². The second-order valence-corrected chi connectivity index (χ2v) is 5.11. The summed E-state index contributed by atoms with van der Waals surface area (Å²) in [7, 11) is 0. The van der Waals surface area contributed by atoms with Crippen LogP contribution in [0.3, 0.4) is 0 Å². The molecule has 0 radical (unpaired) electrons. The van der Waals surface area contributed by atoms with Crippen LogP contribution < -0.4 is 10.6 Å². The van der Waals surface area contributed by atoms with Gasteiger partial charge in [0.25, 0.3) is 0 Å². The van der Waals surface area contributed by atoms with Crippen molar-refractivity contribution in [3.8, 4) is 0 Å². The molecule has 1 aromatic rings. The van der Waals surface area contributed by atoms with Crippen LogP contribution in [0.1, 0.15) is 30.7 Å². The molecule has 0 amide bonds. The average Bonchev–Trinajstić information content (AvgIpc) is 2.74. The second kappa shape index (κ2) is 4.46. The fraction of sp³-hybridized carbons (Fsp3) is 0.571. The molecule has 1 aromatic carbocycles. The predicted octanol–water partition coefficient (Wildman–Crippen LogP) is 2.59. The van der Waals surface area contributed by atoms with Crippen LogP contribution in [0, 0.1) is 5.92 Å². The lowest BCUT2D eigenvalue weighted by Crippen LogP contribution is -2.30. The average molecular weight is 216 g/mol. The molecule has 0 aromatic heterocycles. The van der Waals surface area contributed by atoms with E-state index in [9.17, 15) is 0 Å². The van der Waals surface area contributed by atoms with Gasteiger partial charge in [-0.05, 0) is 49.9 Å². The number of rotatable bonds is 2. The molecule has 86 valence electrons. The number of hydrogen-bond donors (Lipinski definition) is 2. The number of benzene rings is 1. The normalized spacial score (nSPS) is 28.5. The van der Waals surface area contributed by atoms with Crippen LogP contribution in [0.5, 0.6) is 0 Å². The molecule has 2 heterocycles. The minimum absolute atomic E-state index is 0.737. The van der Waals surface area contributed by atoms with Gasteiger partial charge >= 0.3 is 0 Å². The van der Waals surface area contributed by atoms with Crippen molar-refractivity contribution in [2.45, 2.75) is 25.2 Å². The van der Waals surface area contributed by atoms with Crippen molar-refractivity contribution < 1.29 is 0 Å². The molecule has 2 heteroatoms. The maximum absolute atomic E-state index is 3.52. The summed E-state index contributed by atoms with van der Waals surface area (Å²) < 4.78 is 0. The van der Waals surface area contributed by atoms with Crippen molar-refractivity contribution in [2.24, 2.45) is 5.92 Å². The molecule has 2 aliphatic heterocycles. The van der Waals surface area contributed by atoms with Gasteiger partial charge in [0.15, 0.2) is 0 Å². The third kappa shape index (κ3) is 1.94. The molecular formula is C14H20N2. The smallest absolute Gasteiger partial charge is 0.0376 e. The monoisotopic (exact) mass is 216 g/mol. The largest absolute Gasteiger partial charge is 0.384 e. The Labute approximate surface area is 97.4 Å². The number of anilines is 1. The second-order valence-electron chi connectivity index (χ2n) is 5.11. The van der Waals surface area contributed by atoms with Gasteiger partial charge < -0.3 is 10.6 Å². The summed E-state index contributed by atoms with van der Waals surface area (Å²) in [5.41, 5.74) is 2.89. The Balaban J connectivity index is 1.68. The summed E-state index contributed by atoms with van der Waals surface area (Å²) in [5.74, 6) is 1.62. The first kappa shape index (κ1) is 10.2. The van der Waals surface area contributed by atoms with E-state index in [0.717, 1.165) is 18.4 Å². The highest BCUT2D eigenvalue weighted by Gasteiger charge is 2.25. The Hall–Kier alpha value is -1.02. The molecule has 3 rings (SSSR count). The first-order valence-electron chi connectivity index (χ1n) is 6.47. The summed E-state index contributed by atoms with van der Waals surface area (Å²) in [6, 6.07) is 8.78. The van der Waals surface area contributed by atoms with E-state index >= 15 is 0 Å². The molecule has 2 atom stereocenters. The Morgan fingerprint density at radius 2 is 2.12 bits per heavy atom. The number of para-hydroxylation sites is 1. The van der Waals surface area contributed by atoms with Crippen LogP contribution in [0.15, 0.2) is 24.3 Å². The highest BCUT2D eigenvalue weighted by Crippen LogP contribution is 2.36. The number of fused-ring (bicyclic) bond motifs is 1. The van der Waals surface area contributed by atoms with E-state index in [0.29, 0.717) is 0 Å². The Kier molecular flexibility index (Phi) is 2.83. The molecule has 0 spiro atoms. The Morgan fingerprint density at radius 3 is 3.00 bits per heavy atom. The lowest BCUT2D eigenvalue weighted by molar-refractivity contribution is 0.340. The third-order valence-electron chi connectivity index (χ3n) is 3.96. The van der Waals surface area contributed by atoms with E-state index in [1.165, 1.54) is 43.6 Å². The zero-order valence-electron chi connectivity index (χ0n) is 9.71. The number of piperidine rings is 1. The molecule has 16 heavy (non-hydrogen) atoms. The molecule has 0 bridgehead atoms. The molecule has 0 saturated carbocycles. The SMILES string of the molecule is c1ccc2c(c1)NCC2CC1CCCNC1. The van der Waals surface area contributed by atoms with Gasteiger partial charge in [0.05, 0.1) is 0 Å². The minimum Gasteiger partial charge on any atom is -0.384 e. The van der Waals surface area contributed by atoms with Gasteiger partial charge in [0.2, 0.25) is 0 Å². The summed E-state index contributed by atoms with van der Waals surface area (Å²) in [5, 5.41) is 7.03. The molecule has 2 nitrogen and oxygen atoms in total. The first-order valence-corrected chi connectivity index (χ1v) is 6.47. The maximum Gasteiger partial charge on any atom is 0.0376 e. The fourth-order valence-electron chi connectivity index (χ4n) is 3.09. The van der Waals surface area contributed by atoms with E-state index < -0.39 is 0 Å². The van der Waals surface area contributed by atoms with Crippen LogP contribution >= 0.6 is 0 Å². The van der Waals surface area contributed by atoms with Gasteiger partial charge in [-0.25, -0.2) is 0 Å².